The Bertz CT molecular complexity index is 2010. The molecule has 1 fully saturated rings. The molecule has 0 bridgehead atoms. The van der Waals surface area contributed by atoms with Crippen LogP contribution in [0.1, 0.15) is 68.6 Å². The molecule has 6 amide bonds. The van der Waals surface area contributed by atoms with Crippen LogP contribution in [0.3, 0.4) is 0 Å². The van der Waals surface area contributed by atoms with E-state index in [0.717, 1.165) is 22.0 Å². The van der Waals surface area contributed by atoms with Crippen LogP contribution in [0.15, 0.2) is 91.1 Å². The molecule has 13 nitrogen and oxygen atoms in total. The summed E-state index contributed by atoms with van der Waals surface area (Å²) in [6, 6.07) is 23.7. The second-order valence-corrected chi connectivity index (χ2v) is 14.8. The number of carbonyl (C=O) groups is 6. The van der Waals surface area contributed by atoms with E-state index in [-0.39, 0.29) is 37.6 Å². The van der Waals surface area contributed by atoms with Gasteiger partial charge in [-0.15, -0.1) is 0 Å². The van der Waals surface area contributed by atoms with Crippen LogP contribution in [0.2, 0.25) is 0 Å². The summed E-state index contributed by atoms with van der Waals surface area (Å²) in [6.07, 6.45) is 4.32. The summed E-state index contributed by atoms with van der Waals surface area (Å²) in [5.74, 6) is -2.89. The second-order valence-electron chi connectivity index (χ2n) is 14.8. The molecule has 1 aliphatic rings. The minimum Gasteiger partial charge on any atom is -0.368 e. The molecule has 0 spiro atoms. The number of nitrogens with two attached hydrogens (primary N) is 1. The predicted octanol–water partition coefficient (Wildman–Crippen LogP) is 3.34. The molecular formula is C43H53N7O6. The first-order valence-corrected chi connectivity index (χ1v) is 19.2. The van der Waals surface area contributed by atoms with Crippen molar-refractivity contribution in [2.75, 3.05) is 20.6 Å². The van der Waals surface area contributed by atoms with E-state index in [1.54, 1.807) is 13.1 Å². The van der Waals surface area contributed by atoms with Gasteiger partial charge in [0.1, 0.15) is 23.7 Å². The molecule has 3 atom stereocenters. The number of benzene rings is 3. The van der Waals surface area contributed by atoms with E-state index in [0.29, 0.717) is 25.7 Å². The topological polar surface area (TPSA) is 187 Å². The number of hydrogen-bond acceptors (Lipinski definition) is 6. The van der Waals surface area contributed by atoms with Gasteiger partial charge in [-0.05, 0) is 60.8 Å². The SMILES string of the molecule is CC[C@H](NC(=O)[C@@H](Cc1ccccc1)NC(=O)C1(NC(C)=O)CCC(c2ccccc2)CC1)C(=O)N(C)[C@@H](Cc1c[nH]c2ccccc12)C(=O)N(C)CC(N)=O. The Morgan fingerprint density at radius 2 is 1.45 bits per heavy atom. The van der Waals surface area contributed by atoms with Crippen LogP contribution in [-0.2, 0) is 41.6 Å². The molecule has 1 aliphatic carbocycles. The highest BCUT2D eigenvalue weighted by molar-refractivity contribution is 5.97. The number of H-pyrrole nitrogens is 1. The number of nitrogens with one attached hydrogen (secondary N) is 4. The lowest BCUT2D eigenvalue weighted by molar-refractivity contribution is -0.146. The minimum atomic E-state index is -1.22. The summed E-state index contributed by atoms with van der Waals surface area (Å²) >= 11 is 0. The summed E-state index contributed by atoms with van der Waals surface area (Å²) in [7, 11) is 2.95. The van der Waals surface area contributed by atoms with E-state index < -0.39 is 53.2 Å². The summed E-state index contributed by atoms with van der Waals surface area (Å²) in [6.45, 7) is 2.78. The molecule has 296 valence electrons. The fraction of sp³-hybridized carbons (Fsp3) is 0.395. The molecule has 13 heteroatoms. The number of fused-ring (bicyclic) bond motifs is 1. The lowest BCUT2D eigenvalue weighted by atomic mass is 9.73. The molecule has 0 aliphatic heterocycles. The molecule has 3 aromatic carbocycles. The lowest BCUT2D eigenvalue weighted by Crippen LogP contribution is -2.64. The third-order valence-corrected chi connectivity index (χ3v) is 10.8. The van der Waals surface area contributed by atoms with Crippen molar-refractivity contribution in [1.82, 2.24) is 30.7 Å². The van der Waals surface area contributed by atoms with E-state index >= 15 is 0 Å². The van der Waals surface area contributed by atoms with Crippen molar-refractivity contribution < 1.29 is 28.8 Å². The molecule has 4 aromatic rings. The maximum Gasteiger partial charge on any atom is 0.246 e. The van der Waals surface area contributed by atoms with Gasteiger partial charge in [0.15, 0.2) is 0 Å². The number of para-hydroxylation sites is 1. The summed E-state index contributed by atoms with van der Waals surface area (Å²) in [5.41, 5.74) is 7.81. The third-order valence-electron chi connectivity index (χ3n) is 10.8. The van der Waals surface area contributed by atoms with Crippen molar-refractivity contribution in [3.63, 3.8) is 0 Å². The van der Waals surface area contributed by atoms with Crippen molar-refractivity contribution in [3.8, 4) is 0 Å². The van der Waals surface area contributed by atoms with Crippen molar-refractivity contribution in [2.45, 2.75) is 88.4 Å². The zero-order valence-electron chi connectivity index (χ0n) is 32.5. The molecule has 1 heterocycles. The van der Waals surface area contributed by atoms with Crippen molar-refractivity contribution in [3.05, 3.63) is 108 Å². The van der Waals surface area contributed by atoms with E-state index in [9.17, 15) is 28.8 Å². The van der Waals surface area contributed by atoms with Crippen LogP contribution >= 0.6 is 0 Å². The molecule has 56 heavy (non-hydrogen) atoms. The molecular weight excluding hydrogens is 711 g/mol. The number of aromatic amines is 1. The maximum atomic E-state index is 14.3. The highest BCUT2D eigenvalue weighted by Gasteiger charge is 2.44. The summed E-state index contributed by atoms with van der Waals surface area (Å²) < 4.78 is 0. The minimum absolute atomic E-state index is 0.126. The molecule has 1 saturated carbocycles. The molecule has 1 aromatic heterocycles. The van der Waals surface area contributed by atoms with E-state index in [1.165, 1.54) is 36.4 Å². The van der Waals surface area contributed by atoms with E-state index in [4.69, 9.17) is 5.73 Å². The highest BCUT2D eigenvalue weighted by Crippen LogP contribution is 2.38. The van der Waals surface area contributed by atoms with Crippen LogP contribution in [0.4, 0.5) is 0 Å². The van der Waals surface area contributed by atoms with Crippen molar-refractivity contribution in [1.29, 1.82) is 0 Å². The van der Waals surface area contributed by atoms with Gasteiger partial charge < -0.3 is 36.5 Å². The molecule has 0 unspecified atom stereocenters. The zero-order valence-corrected chi connectivity index (χ0v) is 32.5. The average molecular weight is 764 g/mol. The number of hydrogen-bond donors (Lipinski definition) is 5. The van der Waals surface area contributed by atoms with Crippen LogP contribution in [0.5, 0.6) is 0 Å². The number of amides is 6. The van der Waals surface area contributed by atoms with Crippen LogP contribution in [0, 0.1) is 0 Å². The van der Waals surface area contributed by atoms with Crippen LogP contribution in [-0.4, -0.2) is 94.5 Å². The molecule has 5 rings (SSSR count). The van der Waals surface area contributed by atoms with Crippen molar-refractivity contribution in [2.24, 2.45) is 5.73 Å². The van der Waals surface area contributed by atoms with Crippen LogP contribution < -0.4 is 21.7 Å². The molecule has 0 saturated heterocycles. The third kappa shape index (κ3) is 10.0. The summed E-state index contributed by atoms with van der Waals surface area (Å²) in [4.78, 5) is 86.6. The van der Waals surface area contributed by atoms with Gasteiger partial charge in [-0.2, -0.15) is 0 Å². The zero-order chi connectivity index (χ0) is 40.4. The average Bonchev–Trinajstić information content (AvgIpc) is 3.61. The molecule has 0 radical (unpaired) electrons. The number of aromatic nitrogens is 1. The van der Waals surface area contributed by atoms with Gasteiger partial charge in [-0.1, -0.05) is 85.8 Å². The van der Waals surface area contributed by atoms with Gasteiger partial charge in [-0.25, -0.2) is 0 Å². The van der Waals surface area contributed by atoms with Crippen molar-refractivity contribution >= 4 is 46.3 Å². The smallest absolute Gasteiger partial charge is 0.246 e. The Balaban J connectivity index is 1.37. The summed E-state index contributed by atoms with van der Waals surface area (Å²) in [5, 5.41) is 9.63. The predicted molar refractivity (Wildman–Crippen MR) is 214 cm³/mol. The number of nitrogens with zero attached hydrogens (tertiary/aromatic N) is 2. The Labute approximate surface area is 327 Å². The Morgan fingerprint density at radius 1 is 0.821 bits per heavy atom. The van der Waals surface area contributed by atoms with Gasteiger partial charge >= 0.3 is 0 Å². The molecule has 6 N–H and O–H groups in total. The first-order valence-electron chi connectivity index (χ1n) is 19.2. The number of primary amides is 1. The number of carbonyl (C=O) groups excluding carboxylic acids is 6. The Hall–Kier alpha value is -5.98. The van der Waals surface area contributed by atoms with Gasteiger partial charge in [0, 0.05) is 51.0 Å². The second kappa shape index (κ2) is 18.6. The standard InChI is InChI=1S/C43H53N7O6/c1-5-34(40(54)50(4)37(41(55)49(3)27-38(44)52)25-32-26-45-35-19-13-12-18-33(32)35)46-39(53)36(24-29-14-8-6-9-15-29)47-42(56)43(48-28(2)51)22-20-31(21-23-43)30-16-10-7-11-17-30/h6-19,26,31,34,36-37,45H,5,20-25,27H2,1-4H3,(H2,44,52)(H,46,53)(H,47,56)(H,48,51)/t31?,34-,36+,37-,43?/m0/s1. The normalized spacial score (nSPS) is 18.2. The van der Waals surface area contributed by atoms with Gasteiger partial charge in [0.05, 0.1) is 6.54 Å². The van der Waals surface area contributed by atoms with Crippen LogP contribution in [0.25, 0.3) is 10.9 Å². The van der Waals surface area contributed by atoms with Gasteiger partial charge in [0.2, 0.25) is 35.4 Å². The van der Waals surface area contributed by atoms with Gasteiger partial charge in [0.25, 0.3) is 0 Å². The Kier molecular flexibility index (Phi) is 13.7. The fourth-order valence-corrected chi connectivity index (χ4v) is 7.75. The number of likely N-dealkylation sites (N-methyl/N-ethyl adjacent to an activating group) is 2. The fourth-order valence-electron chi connectivity index (χ4n) is 7.75. The maximum absolute atomic E-state index is 14.3. The van der Waals surface area contributed by atoms with Gasteiger partial charge in [-0.3, -0.25) is 28.8 Å². The first-order chi connectivity index (χ1) is 26.8. The number of rotatable bonds is 16. The first kappa shape index (κ1) is 41.2. The lowest BCUT2D eigenvalue weighted by Gasteiger charge is -2.40. The monoisotopic (exact) mass is 763 g/mol. The van der Waals surface area contributed by atoms with E-state index in [1.807, 2.05) is 72.8 Å². The highest BCUT2D eigenvalue weighted by atomic mass is 16.2. The Morgan fingerprint density at radius 3 is 2.07 bits per heavy atom. The quantitative estimate of drug-likeness (QED) is 0.117. The largest absolute Gasteiger partial charge is 0.368 e. The van der Waals surface area contributed by atoms with E-state index in [2.05, 4.69) is 33.1 Å².